The number of carboxylic acids is 2. The van der Waals surface area contributed by atoms with Gasteiger partial charge in [-0.1, -0.05) is 56.3 Å². The van der Waals surface area contributed by atoms with Gasteiger partial charge < -0.3 is 37.0 Å². The summed E-state index contributed by atoms with van der Waals surface area (Å²) in [6.07, 6.45) is -0.489. The van der Waals surface area contributed by atoms with E-state index in [1.807, 2.05) is 0 Å². The minimum atomic E-state index is -1.22. The van der Waals surface area contributed by atoms with Crippen LogP contribution in [-0.2, 0) is 36.8 Å². The zero-order chi connectivity index (χ0) is 29.8. The Morgan fingerprint density at radius 3 is 1.75 bits per heavy atom. The lowest BCUT2D eigenvalue weighted by atomic mass is 10.00. The van der Waals surface area contributed by atoms with E-state index < -0.39 is 59.7 Å². The van der Waals surface area contributed by atoms with Gasteiger partial charge in [0.2, 0.25) is 17.7 Å². The molecule has 8 N–H and O–H groups in total. The monoisotopic (exact) mass is 556 g/mol. The molecule has 0 aliphatic rings. The Labute approximate surface area is 232 Å². The van der Waals surface area contributed by atoms with Gasteiger partial charge in [-0.25, -0.2) is 4.79 Å². The Morgan fingerprint density at radius 2 is 1.25 bits per heavy atom. The maximum absolute atomic E-state index is 13.5. The smallest absolute Gasteiger partial charge is 0.326 e. The van der Waals surface area contributed by atoms with Gasteiger partial charge in [0.25, 0.3) is 0 Å². The van der Waals surface area contributed by atoms with Gasteiger partial charge in [-0.3, -0.25) is 19.2 Å². The molecule has 4 atom stereocenters. The van der Waals surface area contributed by atoms with Crippen LogP contribution in [0, 0.1) is 5.92 Å². The fourth-order valence-electron chi connectivity index (χ4n) is 3.86. The Kier molecular flexibility index (Phi) is 12.1. The average Bonchev–Trinajstić information content (AvgIpc) is 2.90. The van der Waals surface area contributed by atoms with E-state index in [1.54, 1.807) is 56.3 Å². The van der Waals surface area contributed by atoms with E-state index in [2.05, 4.69) is 16.0 Å². The summed E-state index contributed by atoms with van der Waals surface area (Å²) in [5, 5.41) is 35.7. The topological polar surface area (TPSA) is 208 Å². The number of aliphatic carboxylic acids is 2. The molecule has 4 unspecified atom stereocenters. The largest absolute Gasteiger partial charge is 0.508 e. The van der Waals surface area contributed by atoms with Gasteiger partial charge in [-0.15, -0.1) is 0 Å². The van der Waals surface area contributed by atoms with Crippen LogP contribution >= 0.6 is 0 Å². The molecule has 0 aliphatic carbocycles. The van der Waals surface area contributed by atoms with Crippen molar-refractivity contribution in [2.45, 2.75) is 63.7 Å². The van der Waals surface area contributed by atoms with Crippen LogP contribution in [0.1, 0.15) is 37.8 Å². The van der Waals surface area contributed by atoms with Crippen LogP contribution in [0.2, 0.25) is 0 Å². The van der Waals surface area contributed by atoms with Crippen LogP contribution in [0.4, 0.5) is 0 Å². The molecule has 12 heteroatoms. The van der Waals surface area contributed by atoms with E-state index in [4.69, 9.17) is 10.8 Å². The molecule has 2 rings (SSSR count). The lowest BCUT2D eigenvalue weighted by Crippen LogP contribution is -2.58. The third-order valence-electron chi connectivity index (χ3n) is 6.16. The van der Waals surface area contributed by atoms with Gasteiger partial charge in [-0.05, 0) is 35.6 Å². The zero-order valence-corrected chi connectivity index (χ0v) is 22.4. The van der Waals surface area contributed by atoms with Crippen molar-refractivity contribution in [1.29, 1.82) is 0 Å². The first-order valence-electron chi connectivity index (χ1n) is 12.8. The molecule has 0 fully saturated rings. The number of carbonyl (C=O) groups excluding carboxylic acids is 3. The number of amides is 3. The van der Waals surface area contributed by atoms with Gasteiger partial charge in [0.05, 0.1) is 6.04 Å². The maximum atomic E-state index is 13.5. The number of hydrogen-bond donors (Lipinski definition) is 7. The minimum absolute atomic E-state index is 0.00205. The fraction of sp³-hybridized carbons (Fsp3) is 0.393. The highest BCUT2D eigenvalue weighted by Gasteiger charge is 2.31. The molecule has 0 saturated heterocycles. The molecule has 3 amide bonds. The molecule has 40 heavy (non-hydrogen) atoms. The van der Waals surface area contributed by atoms with Gasteiger partial charge in [0.15, 0.2) is 0 Å². The first-order chi connectivity index (χ1) is 18.9. The molecule has 216 valence electrons. The van der Waals surface area contributed by atoms with Gasteiger partial charge in [0, 0.05) is 19.3 Å². The molecule has 0 heterocycles. The second kappa shape index (κ2) is 15.2. The van der Waals surface area contributed by atoms with Crippen LogP contribution in [0.25, 0.3) is 0 Å². The maximum Gasteiger partial charge on any atom is 0.326 e. The van der Waals surface area contributed by atoms with E-state index in [9.17, 15) is 34.2 Å². The minimum Gasteiger partial charge on any atom is -0.508 e. The first kappa shape index (κ1) is 31.8. The fourth-order valence-corrected chi connectivity index (χ4v) is 3.86. The highest BCUT2D eigenvalue weighted by atomic mass is 16.4. The number of carboxylic acid groups (broad SMARTS) is 2. The Bertz CT molecular complexity index is 1170. The normalized spacial score (nSPS) is 13.9. The highest BCUT2D eigenvalue weighted by molar-refractivity contribution is 5.94. The summed E-state index contributed by atoms with van der Waals surface area (Å²) in [6.45, 7) is 3.28. The zero-order valence-electron chi connectivity index (χ0n) is 22.4. The molecule has 2 aromatic rings. The third-order valence-corrected chi connectivity index (χ3v) is 6.16. The Balaban J connectivity index is 2.31. The number of hydrogen-bond acceptors (Lipinski definition) is 7. The molecule has 0 radical (unpaired) electrons. The summed E-state index contributed by atoms with van der Waals surface area (Å²) in [4.78, 5) is 62.0. The van der Waals surface area contributed by atoms with Crippen molar-refractivity contribution in [3.05, 3.63) is 65.7 Å². The lowest BCUT2D eigenvalue weighted by Gasteiger charge is -2.26. The molecule has 0 aliphatic heterocycles. The number of nitrogens with two attached hydrogens (primary N) is 1. The van der Waals surface area contributed by atoms with Crippen molar-refractivity contribution in [3.63, 3.8) is 0 Å². The van der Waals surface area contributed by atoms with Crippen molar-refractivity contribution >= 4 is 29.7 Å². The van der Waals surface area contributed by atoms with Crippen molar-refractivity contribution < 1.29 is 39.3 Å². The summed E-state index contributed by atoms with van der Waals surface area (Å²) in [5.74, 6) is -4.98. The number of nitrogens with one attached hydrogen (secondary N) is 3. The average molecular weight is 557 g/mol. The number of rotatable bonds is 15. The summed E-state index contributed by atoms with van der Waals surface area (Å²) in [5.41, 5.74) is 7.11. The van der Waals surface area contributed by atoms with Crippen molar-refractivity contribution in [3.8, 4) is 5.75 Å². The van der Waals surface area contributed by atoms with E-state index >= 15 is 0 Å². The Morgan fingerprint density at radius 1 is 0.750 bits per heavy atom. The number of aromatic hydroxyl groups is 1. The SMILES string of the molecule is CC(C)C(NC(=O)C(Cc1ccccc1)NC(=O)C(Cc1ccc(O)cc1)NC(=O)C(N)CCC(=O)O)C(=O)O. The second-order valence-corrected chi connectivity index (χ2v) is 9.79. The highest BCUT2D eigenvalue weighted by Crippen LogP contribution is 2.13. The van der Waals surface area contributed by atoms with Gasteiger partial charge in [-0.2, -0.15) is 0 Å². The van der Waals surface area contributed by atoms with Crippen LogP contribution in [0.15, 0.2) is 54.6 Å². The summed E-state index contributed by atoms with van der Waals surface area (Å²) < 4.78 is 0. The molecule has 0 spiro atoms. The third kappa shape index (κ3) is 10.4. The van der Waals surface area contributed by atoms with Crippen molar-refractivity contribution in [2.75, 3.05) is 0 Å². The van der Waals surface area contributed by atoms with Crippen LogP contribution < -0.4 is 21.7 Å². The second-order valence-electron chi connectivity index (χ2n) is 9.79. The van der Waals surface area contributed by atoms with Crippen LogP contribution in [0.3, 0.4) is 0 Å². The van der Waals surface area contributed by atoms with E-state index in [0.717, 1.165) is 0 Å². The van der Waals surface area contributed by atoms with E-state index in [1.165, 1.54) is 12.1 Å². The molecular weight excluding hydrogens is 520 g/mol. The molecule has 0 aromatic heterocycles. The lowest BCUT2D eigenvalue weighted by molar-refractivity contribution is -0.143. The van der Waals surface area contributed by atoms with E-state index in [-0.39, 0.29) is 31.4 Å². The molecule has 12 nitrogen and oxygen atoms in total. The molecule has 0 saturated carbocycles. The van der Waals surface area contributed by atoms with E-state index in [0.29, 0.717) is 11.1 Å². The quantitative estimate of drug-likeness (QED) is 0.163. The standard InChI is InChI=1S/C28H36N4O8/c1-16(2)24(28(39)40)32-27(38)22(14-17-6-4-3-5-7-17)31-26(37)21(15-18-8-10-19(33)11-9-18)30-25(36)20(29)12-13-23(34)35/h3-11,16,20-22,24,33H,12-15,29H2,1-2H3,(H,30,36)(H,31,37)(H,32,38)(H,34,35)(H,39,40). The number of carbonyl (C=O) groups is 5. The predicted octanol–water partition coefficient (Wildman–Crippen LogP) is 0.565. The molecule has 2 aromatic carbocycles. The predicted molar refractivity (Wildman–Crippen MR) is 145 cm³/mol. The van der Waals surface area contributed by atoms with Crippen molar-refractivity contribution in [2.24, 2.45) is 11.7 Å². The molecule has 0 bridgehead atoms. The van der Waals surface area contributed by atoms with Crippen LogP contribution in [-0.4, -0.2) is 69.1 Å². The first-order valence-corrected chi connectivity index (χ1v) is 12.8. The molecular formula is C28H36N4O8. The van der Waals surface area contributed by atoms with Crippen LogP contribution in [0.5, 0.6) is 5.75 Å². The number of benzene rings is 2. The van der Waals surface area contributed by atoms with Gasteiger partial charge >= 0.3 is 11.9 Å². The summed E-state index contributed by atoms with van der Waals surface area (Å²) in [6, 6.07) is 9.94. The summed E-state index contributed by atoms with van der Waals surface area (Å²) >= 11 is 0. The number of phenolic OH excluding ortho intramolecular Hbond substituents is 1. The van der Waals surface area contributed by atoms with Crippen molar-refractivity contribution in [1.82, 2.24) is 16.0 Å². The Hall–Kier alpha value is -4.45. The van der Waals surface area contributed by atoms with Gasteiger partial charge in [0.1, 0.15) is 23.9 Å². The number of phenols is 1. The summed E-state index contributed by atoms with van der Waals surface area (Å²) in [7, 11) is 0.